The van der Waals surface area contributed by atoms with E-state index >= 15 is 0 Å². The number of aryl methyl sites for hydroxylation is 1. The number of anilines is 1. The number of carbonyl (C=O) groups excluding carboxylic acids is 1. The molecular formula is C24H28N4O3. The lowest BCUT2D eigenvalue weighted by molar-refractivity contribution is -0.120. The monoisotopic (exact) mass is 420 g/mol. The highest BCUT2D eigenvalue weighted by molar-refractivity contribution is 5.78. The van der Waals surface area contributed by atoms with Gasteiger partial charge >= 0.3 is 0 Å². The molecule has 1 amide bonds. The van der Waals surface area contributed by atoms with Crippen LogP contribution in [0.25, 0.3) is 11.5 Å². The van der Waals surface area contributed by atoms with Crippen molar-refractivity contribution in [1.82, 2.24) is 15.3 Å². The maximum Gasteiger partial charge on any atom is 0.226 e. The first-order valence-corrected chi connectivity index (χ1v) is 10.6. The summed E-state index contributed by atoms with van der Waals surface area (Å²) in [6.07, 6.45) is 2.37. The Morgan fingerprint density at radius 2 is 1.87 bits per heavy atom. The van der Waals surface area contributed by atoms with Crippen LogP contribution in [0.4, 0.5) is 5.82 Å². The Balaban J connectivity index is 1.32. The van der Waals surface area contributed by atoms with Crippen molar-refractivity contribution in [2.75, 3.05) is 18.0 Å². The van der Waals surface area contributed by atoms with Gasteiger partial charge in [-0.3, -0.25) is 4.79 Å². The van der Waals surface area contributed by atoms with E-state index in [-0.39, 0.29) is 24.5 Å². The third kappa shape index (κ3) is 5.30. The van der Waals surface area contributed by atoms with Crippen LogP contribution in [0.1, 0.15) is 30.9 Å². The van der Waals surface area contributed by atoms with Gasteiger partial charge in [0, 0.05) is 31.4 Å². The number of carbonyl (C=O) groups is 1. The van der Waals surface area contributed by atoms with Gasteiger partial charge in [-0.2, -0.15) is 0 Å². The van der Waals surface area contributed by atoms with Crippen LogP contribution < -0.4 is 10.2 Å². The molecule has 162 valence electrons. The molecule has 0 aliphatic carbocycles. The van der Waals surface area contributed by atoms with E-state index in [0.717, 1.165) is 30.0 Å². The summed E-state index contributed by atoms with van der Waals surface area (Å²) in [6.45, 7) is 8.06. The summed E-state index contributed by atoms with van der Waals surface area (Å²) in [5, 5.41) is 2.94. The van der Waals surface area contributed by atoms with Gasteiger partial charge in [0.1, 0.15) is 11.6 Å². The highest BCUT2D eigenvalue weighted by Gasteiger charge is 2.23. The third-order valence-electron chi connectivity index (χ3n) is 5.28. The first-order chi connectivity index (χ1) is 15.0. The van der Waals surface area contributed by atoms with E-state index in [0.29, 0.717) is 23.9 Å². The molecule has 1 fully saturated rings. The number of ether oxygens (including phenoxy) is 1. The Bertz CT molecular complexity index is 1010. The predicted octanol–water partition coefficient (Wildman–Crippen LogP) is 3.52. The summed E-state index contributed by atoms with van der Waals surface area (Å²) in [6, 6.07) is 13.7. The van der Waals surface area contributed by atoms with Gasteiger partial charge in [-0.15, -0.1) is 0 Å². The molecule has 31 heavy (non-hydrogen) atoms. The van der Waals surface area contributed by atoms with Crippen molar-refractivity contribution in [2.45, 2.75) is 45.9 Å². The maximum absolute atomic E-state index is 12.4. The second-order valence-corrected chi connectivity index (χ2v) is 8.03. The molecule has 0 bridgehead atoms. The van der Waals surface area contributed by atoms with Crippen LogP contribution in [0.5, 0.6) is 0 Å². The van der Waals surface area contributed by atoms with Gasteiger partial charge in [-0.05, 0) is 44.5 Å². The fraction of sp³-hybridized carbons (Fsp3) is 0.375. The van der Waals surface area contributed by atoms with E-state index in [2.05, 4.69) is 34.0 Å². The first kappa shape index (κ1) is 21.1. The number of pyridine rings is 1. The van der Waals surface area contributed by atoms with Crippen LogP contribution in [0.3, 0.4) is 0 Å². The van der Waals surface area contributed by atoms with Crippen molar-refractivity contribution < 1.29 is 13.9 Å². The number of nitrogens with one attached hydrogen (secondary N) is 1. The van der Waals surface area contributed by atoms with E-state index in [4.69, 9.17) is 9.15 Å². The summed E-state index contributed by atoms with van der Waals surface area (Å²) in [5.74, 6) is 2.03. The summed E-state index contributed by atoms with van der Waals surface area (Å²) in [7, 11) is 0. The van der Waals surface area contributed by atoms with Crippen LogP contribution in [-0.4, -0.2) is 41.2 Å². The van der Waals surface area contributed by atoms with E-state index < -0.39 is 0 Å². The molecule has 1 N–H and O–H groups in total. The molecule has 3 heterocycles. The molecule has 0 radical (unpaired) electrons. The van der Waals surface area contributed by atoms with E-state index in [1.54, 1.807) is 0 Å². The number of amides is 1. The molecule has 1 aliphatic heterocycles. The molecule has 2 aromatic heterocycles. The number of hydrogen-bond donors (Lipinski definition) is 1. The molecule has 4 rings (SSSR count). The molecular weight excluding hydrogens is 392 g/mol. The molecule has 1 saturated heterocycles. The minimum atomic E-state index is -0.101. The van der Waals surface area contributed by atoms with Crippen molar-refractivity contribution in [1.29, 1.82) is 0 Å². The van der Waals surface area contributed by atoms with Crippen LogP contribution >= 0.6 is 0 Å². The first-order valence-electron chi connectivity index (χ1n) is 10.6. The smallest absolute Gasteiger partial charge is 0.226 e. The molecule has 1 aromatic carbocycles. The average molecular weight is 421 g/mol. The van der Waals surface area contributed by atoms with Gasteiger partial charge < -0.3 is 19.4 Å². The fourth-order valence-electron chi connectivity index (χ4n) is 3.78. The number of aromatic nitrogens is 2. The van der Waals surface area contributed by atoms with Crippen molar-refractivity contribution in [3.8, 4) is 11.5 Å². The molecule has 0 saturated carbocycles. The Morgan fingerprint density at radius 1 is 1.13 bits per heavy atom. The lowest BCUT2D eigenvalue weighted by Gasteiger charge is -2.36. The summed E-state index contributed by atoms with van der Waals surface area (Å²) < 4.78 is 11.5. The van der Waals surface area contributed by atoms with Gasteiger partial charge in [0.05, 0.1) is 24.3 Å². The highest BCUT2D eigenvalue weighted by atomic mass is 16.5. The minimum Gasteiger partial charge on any atom is -0.441 e. The van der Waals surface area contributed by atoms with Gasteiger partial charge in [0.15, 0.2) is 0 Å². The van der Waals surface area contributed by atoms with E-state index in [1.165, 1.54) is 0 Å². The lowest BCUT2D eigenvalue weighted by atomic mass is 10.2. The molecule has 0 spiro atoms. The topological polar surface area (TPSA) is 80.5 Å². The van der Waals surface area contributed by atoms with Crippen molar-refractivity contribution in [2.24, 2.45) is 0 Å². The molecule has 7 heteroatoms. The van der Waals surface area contributed by atoms with Crippen LogP contribution in [0.2, 0.25) is 0 Å². The second kappa shape index (κ2) is 9.31. The van der Waals surface area contributed by atoms with Gasteiger partial charge in [-0.25, -0.2) is 9.97 Å². The van der Waals surface area contributed by atoms with Gasteiger partial charge in [0.25, 0.3) is 0 Å². The van der Waals surface area contributed by atoms with Crippen LogP contribution in [0, 0.1) is 6.92 Å². The zero-order valence-corrected chi connectivity index (χ0v) is 18.2. The molecule has 7 nitrogen and oxygen atoms in total. The van der Waals surface area contributed by atoms with E-state index in [1.807, 2.05) is 55.6 Å². The zero-order valence-electron chi connectivity index (χ0n) is 18.2. The normalized spacial score (nSPS) is 18.7. The number of benzene rings is 1. The van der Waals surface area contributed by atoms with Crippen molar-refractivity contribution in [3.63, 3.8) is 0 Å². The quantitative estimate of drug-likeness (QED) is 0.657. The Labute approximate surface area is 182 Å². The molecule has 2 unspecified atom stereocenters. The SMILES string of the molecule is Cc1oc(-c2ccccc2)nc1CC(=O)NCc1ccc(N2CC(C)OC(C)C2)nc1. The molecule has 1 aliphatic rings. The van der Waals surface area contributed by atoms with Crippen LogP contribution in [-0.2, 0) is 22.5 Å². The number of oxazole rings is 1. The van der Waals surface area contributed by atoms with Gasteiger partial charge in [-0.1, -0.05) is 24.3 Å². The minimum absolute atomic E-state index is 0.101. The lowest BCUT2D eigenvalue weighted by Crippen LogP contribution is -2.45. The standard InChI is InChI=1S/C24H28N4O3/c1-16-14-28(15-17(2)30-16)22-10-9-19(12-25-22)13-26-23(29)11-21-18(3)31-24(27-21)20-7-5-4-6-8-20/h4-10,12,16-17H,11,13-15H2,1-3H3,(H,26,29). The average Bonchev–Trinajstić information content (AvgIpc) is 3.13. The zero-order chi connectivity index (χ0) is 21.8. The Morgan fingerprint density at radius 3 is 2.55 bits per heavy atom. The van der Waals surface area contributed by atoms with E-state index in [9.17, 15) is 4.79 Å². The largest absolute Gasteiger partial charge is 0.441 e. The molecule has 3 aromatic rings. The Kier molecular flexibility index (Phi) is 6.32. The highest BCUT2D eigenvalue weighted by Crippen LogP contribution is 2.22. The predicted molar refractivity (Wildman–Crippen MR) is 119 cm³/mol. The maximum atomic E-state index is 12.4. The summed E-state index contributed by atoms with van der Waals surface area (Å²) in [4.78, 5) is 23.7. The third-order valence-corrected chi connectivity index (χ3v) is 5.28. The number of rotatable bonds is 6. The number of nitrogens with zero attached hydrogens (tertiary/aromatic N) is 3. The Hall–Kier alpha value is -3.19. The second-order valence-electron chi connectivity index (χ2n) is 8.03. The molecule has 2 atom stereocenters. The fourth-order valence-corrected chi connectivity index (χ4v) is 3.78. The summed E-state index contributed by atoms with van der Waals surface area (Å²) >= 11 is 0. The van der Waals surface area contributed by atoms with Crippen molar-refractivity contribution in [3.05, 3.63) is 65.7 Å². The number of hydrogen-bond acceptors (Lipinski definition) is 6. The summed E-state index contributed by atoms with van der Waals surface area (Å²) in [5.41, 5.74) is 2.50. The van der Waals surface area contributed by atoms with Gasteiger partial charge in [0.2, 0.25) is 11.8 Å². The number of morpholine rings is 1. The van der Waals surface area contributed by atoms with Crippen molar-refractivity contribution >= 4 is 11.7 Å². The van der Waals surface area contributed by atoms with Crippen LogP contribution in [0.15, 0.2) is 53.1 Å².